The number of anilines is 1. The molecular weight excluding hydrogens is 581 g/mol. The SMILES string of the molecule is C[C@H](Cc1ccc(C[C@@H](C)NC(=O)[C@H](O)c2ccc(OCc3ccccc3)cc2)cc1)NCCc1cc(Cl)c(N)c(Cl)c1. The Morgan fingerprint density at radius 1 is 0.814 bits per heavy atom. The van der Waals surface area contributed by atoms with Crippen molar-refractivity contribution in [2.24, 2.45) is 0 Å². The van der Waals surface area contributed by atoms with Gasteiger partial charge in [0.05, 0.1) is 15.7 Å². The average molecular weight is 621 g/mol. The molecule has 226 valence electrons. The molecule has 6 nitrogen and oxygen atoms in total. The number of nitrogen functional groups attached to an aromatic ring is 1. The highest BCUT2D eigenvalue weighted by atomic mass is 35.5. The number of ether oxygens (including phenoxy) is 1. The predicted octanol–water partition coefficient (Wildman–Crippen LogP) is 6.70. The first-order chi connectivity index (χ1) is 20.7. The van der Waals surface area contributed by atoms with Gasteiger partial charge < -0.3 is 26.2 Å². The second-order valence-corrected chi connectivity index (χ2v) is 11.8. The van der Waals surface area contributed by atoms with Crippen molar-refractivity contribution in [2.75, 3.05) is 12.3 Å². The summed E-state index contributed by atoms with van der Waals surface area (Å²) in [4.78, 5) is 12.7. The van der Waals surface area contributed by atoms with Crippen LogP contribution < -0.4 is 21.1 Å². The minimum atomic E-state index is -1.25. The van der Waals surface area contributed by atoms with Crippen LogP contribution >= 0.6 is 23.2 Å². The van der Waals surface area contributed by atoms with Crippen LogP contribution in [0.15, 0.2) is 91.0 Å². The van der Waals surface area contributed by atoms with E-state index in [-0.39, 0.29) is 12.1 Å². The summed E-state index contributed by atoms with van der Waals surface area (Å²) >= 11 is 12.3. The molecule has 3 atom stereocenters. The van der Waals surface area contributed by atoms with E-state index in [0.717, 1.165) is 36.1 Å². The molecule has 5 N–H and O–H groups in total. The second-order valence-electron chi connectivity index (χ2n) is 11.0. The molecule has 0 saturated carbocycles. The quantitative estimate of drug-likeness (QED) is 0.118. The number of hydrogen-bond acceptors (Lipinski definition) is 5. The zero-order valence-corrected chi connectivity index (χ0v) is 26.0. The third kappa shape index (κ3) is 10.0. The molecule has 0 fully saturated rings. The molecule has 0 aliphatic heterocycles. The van der Waals surface area contributed by atoms with Gasteiger partial charge in [-0.15, -0.1) is 0 Å². The van der Waals surface area contributed by atoms with Gasteiger partial charge in [0.2, 0.25) is 0 Å². The number of benzene rings is 4. The standard InChI is InChI=1S/C35H39Cl2N3O3/c1-23(39-17-16-28-20-31(36)33(38)32(37)21-28)18-25-8-10-26(11-9-25)19-24(2)40-35(42)34(41)29-12-14-30(15-13-29)43-22-27-6-4-3-5-7-27/h3-15,20-21,23-24,34,39,41H,16-19,22,38H2,1-2H3,(H,40,42)/t23-,24-,34-/m1/s1. The maximum atomic E-state index is 12.7. The highest BCUT2D eigenvalue weighted by Gasteiger charge is 2.19. The van der Waals surface area contributed by atoms with Gasteiger partial charge in [-0.3, -0.25) is 4.79 Å². The molecule has 0 aromatic heterocycles. The Hall–Kier alpha value is -3.55. The first kappa shape index (κ1) is 32.4. The van der Waals surface area contributed by atoms with Gasteiger partial charge in [-0.05, 0) is 91.7 Å². The van der Waals surface area contributed by atoms with Crippen LogP contribution in [0, 0.1) is 0 Å². The topological polar surface area (TPSA) is 96.6 Å². The van der Waals surface area contributed by atoms with Crippen molar-refractivity contribution in [1.29, 1.82) is 0 Å². The minimum absolute atomic E-state index is 0.141. The smallest absolute Gasteiger partial charge is 0.253 e. The molecular formula is C35H39Cl2N3O3. The third-order valence-corrected chi connectivity index (χ3v) is 7.86. The summed E-state index contributed by atoms with van der Waals surface area (Å²) < 4.78 is 5.79. The second kappa shape index (κ2) is 15.8. The molecule has 1 amide bonds. The van der Waals surface area contributed by atoms with Crippen molar-refractivity contribution in [2.45, 2.75) is 57.9 Å². The number of nitrogens with two attached hydrogens (primary N) is 1. The Bertz CT molecular complexity index is 1440. The molecule has 4 aromatic carbocycles. The molecule has 4 aromatic rings. The summed E-state index contributed by atoms with van der Waals surface area (Å²) in [6.07, 6.45) is 1.09. The Labute approximate surface area is 264 Å². The first-order valence-electron chi connectivity index (χ1n) is 14.5. The fraction of sp³-hybridized carbons (Fsp3) is 0.286. The summed E-state index contributed by atoms with van der Waals surface area (Å²) in [5.74, 6) is 0.251. The number of hydrogen-bond donors (Lipinski definition) is 4. The Morgan fingerprint density at radius 3 is 2.00 bits per heavy atom. The van der Waals surface area contributed by atoms with Gasteiger partial charge in [0, 0.05) is 12.1 Å². The lowest BCUT2D eigenvalue weighted by Crippen LogP contribution is -2.37. The fourth-order valence-electron chi connectivity index (χ4n) is 4.85. The molecule has 0 spiro atoms. The van der Waals surface area contributed by atoms with Crippen molar-refractivity contribution < 1.29 is 14.6 Å². The molecule has 8 heteroatoms. The van der Waals surface area contributed by atoms with Crippen molar-refractivity contribution in [3.05, 3.63) is 129 Å². The number of halogens is 2. The van der Waals surface area contributed by atoms with Crippen LogP contribution in [0.1, 0.15) is 47.8 Å². The lowest BCUT2D eigenvalue weighted by atomic mass is 10.0. The minimum Gasteiger partial charge on any atom is -0.489 e. The van der Waals surface area contributed by atoms with Crippen LogP contribution in [0.5, 0.6) is 5.75 Å². The van der Waals surface area contributed by atoms with E-state index >= 15 is 0 Å². The van der Waals surface area contributed by atoms with E-state index < -0.39 is 12.0 Å². The van der Waals surface area contributed by atoms with E-state index in [0.29, 0.717) is 40.1 Å². The maximum Gasteiger partial charge on any atom is 0.253 e. The third-order valence-electron chi connectivity index (χ3n) is 7.23. The molecule has 0 saturated heterocycles. The van der Waals surface area contributed by atoms with Gasteiger partial charge in [-0.1, -0.05) is 89.9 Å². The largest absolute Gasteiger partial charge is 0.489 e. The number of carbonyl (C=O) groups is 1. The summed E-state index contributed by atoms with van der Waals surface area (Å²) in [5, 5.41) is 18.0. The summed E-state index contributed by atoms with van der Waals surface area (Å²) in [6, 6.07) is 29.1. The van der Waals surface area contributed by atoms with E-state index in [9.17, 15) is 9.90 Å². The Balaban J connectivity index is 1.18. The number of nitrogens with one attached hydrogen (secondary N) is 2. The average Bonchev–Trinajstić information content (AvgIpc) is 3.00. The summed E-state index contributed by atoms with van der Waals surface area (Å²) in [5.41, 5.74) is 11.2. The number of carbonyl (C=O) groups excluding carboxylic acids is 1. The molecule has 0 aliphatic carbocycles. The van der Waals surface area contributed by atoms with Crippen molar-refractivity contribution >= 4 is 34.8 Å². The van der Waals surface area contributed by atoms with E-state index in [1.165, 1.54) is 5.56 Å². The van der Waals surface area contributed by atoms with Crippen LogP contribution in [0.2, 0.25) is 10.0 Å². The molecule has 0 unspecified atom stereocenters. The Kier molecular flexibility index (Phi) is 11.9. The van der Waals surface area contributed by atoms with E-state index in [4.69, 9.17) is 33.7 Å². The summed E-state index contributed by atoms with van der Waals surface area (Å²) in [6.45, 7) is 5.34. The maximum absolute atomic E-state index is 12.7. The molecule has 4 rings (SSSR count). The lowest BCUT2D eigenvalue weighted by Gasteiger charge is -2.18. The molecule has 0 radical (unpaired) electrons. The first-order valence-corrected chi connectivity index (χ1v) is 15.2. The molecule has 0 heterocycles. The Morgan fingerprint density at radius 2 is 1.40 bits per heavy atom. The zero-order chi connectivity index (χ0) is 30.8. The molecule has 43 heavy (non-hydrogen) atoms. The van der Waals surface area contributed by atoms with Crippen molar-refractivity contribution in [1.82, 2.24) is 10.6 Å². The van der Waals surface area contributed by atoms with Gasteiger partial charge in [0.25, 0.3) is 5.91 Å². The van der Waals surface area contributed by atoms with Gasteiger partial charge in [0.15, 0.2) is 6.10 Å². The van der Waals surface area contributed by atoms with E-state index in [1.54, 1.807) is 24.3 Å². The zero-order valence-electron chi connectivity index (χ0n) is 24.5. The number of rotatable bonds is 14. The number of aliphatic hydroxyl groups is 1. The molecule has 0 bridgehead atoms. The van der Waals surface area contributed by atoms with Crippen LogP contribution in [0.3, 0.4) is 0 Å². The normalized spacial score (nSPS) is 13.2. The van der Waals surface area contributed by atoms with Crippen molar-refractivity contribution in [3.63, 3.8) is 0 Å². The predicted molar refractivity (Wildman–Crippen MR) is 176 cm³/mol. The monoisotopic (exact) mass is 619 g/mol. The highest BCUT2D eigenvalue weighted by molar-refractivity contribution is 6.38. The van der Waals surface area contributed by atoms with E-state index in [2.05, 4.69) is 41.8 Å². The van der Waals surface area contributed by atoms with Crippen LogP contribution in [0.4, 0.5) is 5.69 Å². The molecule has 0 aliphatic rings. The highest BCUT2D eigenvalue weighted by Crippen LogP contribution is 2.29. The lowest BCUT2D eigenvalue weighted by molar-refractivity contribution is -0.130. The van der Waals surface area contributed by atoms with Crippen LogP contribution in [0.25, 0.3) is 0 Å². The van der Waals surface area contributed by atoms with Crippen LogP contribution in [-0.4, -0.2) is 29.6 Å². The summed E-state index contributed by atoms with van der Waals surface area (Å²) in [7, 11) is 0. The number of amides is 1. The van der Waals surface area contributed by atoms with Gasteiger partial charge in [0.1, 0.15) is 12.4 Å². The van der Waals surface area contributed by atoms with E-state index in [1.807, 2.05) is 49.4 Å². The van der Waals surface area contributed by atoms with Gasteiger partial charge >= 0.3 is 0 Å². The number of aliphatic hydroxyl groups excluding tert-OH is 1. The van der Waals surface area contributed by atoms with Gasteiger partial charge in [-0.2, -0.15) is 0 Å². The van der Waals surface area contributed by atoms with Gasteiger partial charge in [-0.25, -0.2) is 0 Å². The van der Waals surface area contributed by atoms with Crippen LogP contribution in [-0.2, 0) is 30.7 Å². The van der Waals surface area contributed by atoms with Crippen molar-refractivity contribution in [3.8, 4) is 5.75 Å². The fourth-order valence-corrected chi connectivity index (χ4v) is 5.38.